The SMILES string of the molecule is COc1ccc2cc(C(C)OC(=O)C(C)(C)C(C)(C)C)ccc2c1. The molecule has 0 aliphatic carbocycles. The first-order chi connectivity index (χ1) is 11.1. The van der Waals surface area contributed by atoms with E-state index in [4.69, 9.17) is 9.47 Å². The third-order valence-corrected chi connectivity index (χ3v) is 5.21. The van der Waals surface area contributed by atoms with Crippen LogP contribution in [0.4, 0.5) is 0 Å². The second kappa shape index (κ2) is 6.46. The van der Waals surface area contributed by atoms with Gasteiger partial charge < -0.3 is 9.47 Å². The van der Waals surface area contributed by atoms with Crippen LogP contribution in [0.25, 0.3) is 10.8 Å². The van der Waals surface area contributed by atoms with Crippen molar-refractivity contribution in [3.05, 3.63) is 42.0 Å². The lowest BCUT2D eigenvalue weighted by Crippen LogP contribution is -2.39. The number of carbonyl (C=O) groups excluding carboxylic acids is 1. The fourth-order valence-corrected chi connectivity index (χ4v) is 2.30. The maximum Gasteiger partial charge on any atom is 0.312 e. The lowest BCUT2D eigenvalue weighted by atomic mass is 9.69. The van der Waals surface area contributed by atoms with Crippen LogP contribution in [0.3, 0.4) is 0 Å². The van der Waals surface area contributed by atoms with Gasteiger partial charge in [-0.2, -0.15) is 0 Å². The topological polar surface area (TPSA) is 35.5 Å². The molecule has 0 radical (unpaired) electrons. The summed E-state index contributed by atoms with van der Waals surface area (Å²) in [5.41, 5.74) is 0.278. The van der Waals surface area contributed by atoms with Crippen molar-refractivity contribution in [1.82, 2.24) is 0 Å². The smallest absolute Gasteiger partial charge is 0.312 e. The zero-order valence-electron chi connectivity index (χ0n) is 15.8. The quantitative estimate of drug-likeness (QED) is 0.693. The van der Waals surface area contributed by atoms with Gasteiger partial charge in [0.05, 0.1) is 12.5 Å². The van der Waals surface area contributed by atoms with Crippen molar-refractivity contribution in [3.8, 4) is 5.75 Å². The van der Waals surface area contributed by atoms with E-state index in [0.29, 0.717) is 0 Å². The van der Waals surface area contributed by atoms with Crippen molar-refractivity contribution >= 4 is 16.7 Å². The average molecular weight is 328 g/mol. The second-order valence-corrected chi connectivity index (χ2v) is 7.90. The van der Waals surface area contributed by atoms with Gasteiger partial charge >= 0.3 is 5.97 Å². The lowest BCUT2D eigenvalue weighted by molar-refractivity contribution is -0.165. The van der Waals surface area contributed by atoms with Crippen LogP contribution in [0, 0.1) is 10.8 Å². The normalized spacial score (nSPS) is 13.6. The molecule has 0 aromatic heterocycles. The number of ether oxygens (including phenoxy) is 2. The molecule has 1 unspecified atom stereocenters. The molecule has 0 amide bonds. The van der Waals surface area contributed by atoms with Crippen LogP contribution in [-0.2, 0) is 9.53 Å². The summed E-state index contributed by atoms with van der Waals surface area (Å²) >= 11 is 0. The first kappa shape index (κ1) is 18.3. The number of benzene rings is 2. The minimum atomic E-state index is -0.550. The van der Waals surface area contributed by atoms with Gasteiger partial charge in [0.2, 0.25) is 0 Å². The predicted molar refractivity (Wildman–Crippen MR) is 98.2 cm³/mol. The maximum atomic E-state index is 12.6. The van der Waals surface area contributed by atoms with E-state index in [2.05, 4.69) is 26.8 Å². The highest BCUT2D eigenvalue weighted by Gasteiger charge is 2.41. The molecule has 0 bridgehead atoms. The maximum absolute atomic E-state index is 12.6. The largest absolute Gasteiger partial charge is 0.497 e. The average Bonchev–Trinajstić information content (AvgIpc) is 2.52. The van der Waals surface area contributed by atoms with E-state index in [1.165, 1.54) is 0 Å². The van der Waals surface area contributed by atoms with E-state index in [1.54, 1.807) is 7.11 Å². The lowest BCUT2D eigenvalue weighted by Gasteiger charge is -2.37. The molecule has 0 spiro atoms. The van der Waals surface area contributed by atoms with Crippen LogP contribution < -0.4 is 4.74 Å². The zero-order chi connectivity index (χ0) is 18.1. The minimum Gasteiger partial charge on any atom is -0.497 e. The van der Waals surface area contributed by atoms with Crippen LogP contribution in [0.15, 0.2) is 36.4 Å². The van der Waals surface area contributed by atoms with Crippen LogP contribution in [-0.4, -0.2) is 13.1 Å². The molecule has 3 heteroatoms. The molecule has 1 atom stereocenters. The zero-order valence-corrected chi connectivity index (χ0v) is 15.8. The van der Waals surface area contributed by atoms with Crippen molar-refractivity contribution in [2.45, 2.75) is 47.6 Å². The summed E-state index contributed by atoms with van der Waals surface area (Å²) in [5, 5.41) is 2.21. The van der Waals surface area contributed by atoms with E-state index < -0.39 is 5.41 Å². The summed E-state index contributed by atoms with van der Waals surface area (Å²) < 4.78 is 11.0. The van der Waals surface area contributed by atoms with Crippen molar-refractivity contribution in [1.29, 1.82) is 0 Å². The molecule has 0 aliphatic heterocycles. The summed E-state index contributed by atoms with van der Waals surface area (Å²) in [6.45, 7) is 12.0. The number of fused-ring (bicyclic) bond motifs is 1. The highest BCUT2D eigenvalue weighted by Crippen LogP contribution is 2.40. The van der Waals surface area contributed by atoms with Gasteiger partial charge in [-0.3, -0.25) is 4.79 Å². The molecule has 0 fully saturated rings. The van der Waals surface area contributed by atoms with Crippen LogP contribution in [0.1, 0.15) is 53.2 Å². The van der Waals surface area contributed by atoms with E-state index in [0.717, 1.165) is 22.1 Å². The molecular formula is C21H28O3. The van der Waals surface area contributed by atoms with Gasteiger partial charge in [-0.05, 0) is 60.7 Å². The summed E-state index contributed by atoms with van der Waals surface area (Å²) in [6, 6.07) is 12.1. The van der Waals surface area contributed by atoms with Gasteiger partial charge in [0, 0.05) is 0 Å². The monoisotopic (exact) mass is 328 g/mol. The Balaban J connectivity index is 2.22. The van der Waals surface area contributed by atoms with Gasteiger partial charge in [-0.15, -0.1) is 0 Å². The number of hydrogen-bond donors (Lipinski definition) is 0. The Hall–Kier alpha value is -2.03. The molecule has 0 saturated carbocycles. The van der Waals surface area contributed by atoms with E-state index in [9.17, 15) is 4.79 Å². The highest BCUT2D eigenvalue weighted by atomic mass is 16.5. The Labute approximate surface area is 145 Å². The standard InChI is InChI=1S/C21H28O3/c1-14(24-19(22)21(5,6)20(2,3)4)15-8-9-17-13-18(23-7)11-10-16(17)12-15/h8-14H,1-7H3. The molecular weight excluding hydrogens is 300 g/mol. The third-order valence-electron chi connectivity index (χ3n) is 5.21. The predicted octanol–water partition coefficient (Wildman–Crippen LogP) is 5.52. The second-order valence-electron chi connectivity index (χ2n) is 7.90. The number of rotatable bonds is 4. The summed E-state index contributed by atoms with van der Waals surface area (Å²) in [5.74, 6) is 0.666. The Bertz CT molecular complexity index is 738. The summed E-state index contributed by atoms with van der Waals surface area (Å²) in [6.07, 6.45) is -0.286. The van der Waals surface area contributed by atoms with Crippen molar-refractivity contribution in [2.75, 3.05) is 7.11 Å². The van der Waals surface area contributed by atoms with E-state index in [1.807, 2.05) is 51.1 Å². The van der Waals surface area contributed by atoms with Crippen molar-refractivity contribution in [2.24, 2.45) is 10.8 Å². The van der Waals surface area contributed by atoms with Gasteiger partial charge in [-0.1, -0.05) is 39.0 Å². The molecule has 0 saturated heterocycles. The van der Waals surface area contributed by atoms with Gasteiger partial charge in [0.1, 0.15) is 11.9 Å². The number of methoxy groups -OCH3 is 1. The van der Waals surface area contributed by atoms with Gasteiger partial charge in [0.25, 0.3) is 0 Å². The highest BCUT2D eigenvalue weighted by molar-refractivity contribution is 5.84. The fourth-order valence-electron chi connectivity index (χ4n) is 2.30. The van der Waals surface area contributed by atoms with Gasteiger partial charge in [0.15, 0.2) is 0 Å². The molecule has 2 rings (SSSR count). The molecule has 130 valence electrons. The minimum absolute atomic E-state index is 0.163. The summed E-state index contributed by atoms with van der Waals surface area (Å²) in [4.78, 5) is 12.6. The Kier molecular flexibility index (Phi) is 4.93. The molecule has 0 heterocycles. The van der Waals surface area contributed by atoms with Gasteiger partial charge in [-0.25, -0.2) is 0 Å². The molecule has 2 aromatic rings. The number of hydrogen-bond acceptors (Lipinski definition) is 3. The van der Waals surface area contributed by atoms with Crippen LogP contribution >= 0.6 is 0 Å². The van der Waals surface area contributed by atoms with E-state index >= 15 is 0 Å². The molecule has 2 aromatic carbocycles. The Morgan fingerprint density at radius 3 is 2.12 bits per heavy atom. The molecule has 0 aliphatic rings. The number of esters is 1. The first-order valence-electron chi connectivity index (χ1n) is 8.35. The van der Waals surface area contributed by atoms with Crippen LogP contribution in [0.2, 0.25) is 0 Å². The fraction of sp³-hybridized carbons (Fsp3) is 0.476. The first-order valence-corrected chi connectivity index (χ1v) is 8.35. The molecule has 3 nitrogen and oxygen atoms in total. The Morgan fingerprint density at radius 1 is 0.958 bits per heavy atom. The van der Waals surface area contributed by atoms with Crippen molar-refractivity contribution < 1.29 is 14.3 Å². The molecule has 24 heavy (non-hydrogen) atoms. The van der Waals surface area contributed by atoms with E-state index in [-0.39, 0.29) is 17.5 Å². The van der Waals surface area contributed by atoms with Crippen LogP contribution in [0.5, 0.6) is 5.75 Å². The molecule has 0 N–H and O–H groups in total. The number of carbonyl (C=O) groups is 1. The summed E-state index contributed by atoms with van der Waals surface area (Å²) in [7, 11) is 1.66. The Morgan fingerprint density at radius 2 is 1.54 bits per heavy atom. The van der Waals surface area contributed by atoms with Crippen molar-refractivity contribution in [3.63, 3.8) is 0 Å². The third kappa shape index (κ3) is 3.55.